The first-order valence-electron chi connectivity index (χ1n) is 11.1. The van der Waals surface area contributed by atoms with Crippen molar-refractivity contribution in [2.75, 3.05) is 25.6 Å². The van der Waals surface area contributed by atoms with Gasteiger partial charge >= 0.3 is 5.97 Å². The lowest BCUT2D eigenvalue weighted by Crippen LogP contribution is -2.37. The van der Waals surface area contributed by atoms with Gasteiger partial charge < -0.3 is 14.8 Å². The number of methoxy groups -OCH3 is 1. The highest BCUT2D eigenvalue weighted by atomic mass is 35.5. The number of sulfonamides is 1. The van der Waals surface area contributed by atoms with Gasteiger partial charge in [-0.05, 0) is 48.4 Å². The van der Waals surface area contributed by atoms with Crippen LogP contribution in [0.25, 0.3) is 0 Å². The van der Waals surface area contributed by atoms with Crippen molar-refractivity contribution < 1.29 is 27.5 Å². The van der Waals surface area contributed by atoms with Gasteiger partial charge in [-0.25, -0.2) is 8.42 Å². The predicted molar refractivity (Wildman–Crippen MR) is 137 cm³/mol. The zero-order valence-corrected chi connectivity index (χ0v) is 21.5. The summed E-state index contributed by atoms with van der Waals surface area (Å²) >= 11 is 6.07. The molecular weight excluding hydrogens is 504 g/mol. The first-order valence-corrected chi connectivity index (χ1v) is 13.0. The molecule has 190 valence electrons. The van der Waals surface area contributed by atoms with Crippen molar-refractivity contribution in [3.05, 3.63) is 88.9 Å². The van der Waals surface area contributed by atoms with Crippen molar-refractivity contribution >= 4 is 39.2 Å². The van der Waals surface area contributed by atoms with Gasteiger partial charge in [0.25, 0.3) is 0 Å². The molecule has 0 saturated heterocycles. The van der Waals surface area contributed by atoms with Gasteiger partial charge in [0.2, 0.25) is 15.9 Å². The molecule has 0 heterocycles. The minimum absolute atomic E-state index is 0.0370. The van der Waals surface area contributed by atoms with Crippen LogP contribution in [0.5, 0.6) is 5.75 Å². The first-order chi connectivity index (χ1) is 17.2. The zero-order valence-electron chi connectivity index (χ0n) is 19.9. The van der Waals surface area contributed by atoms with E-state index in [1.165, 1.54) is 25.3 Å². The molecule has 1 amide bonds. The van der Waals surface area contributed by atoms with E-state index in [4.69, 9.17) is 21.1 Å². The monoisotopic (exact) mass is 530 g/mol. The van der Waals surface area contributed by atoms with E-state index in [1.54, 1.807) is 55.5 Å². The van der Waals surface area contributed by atoms with Crippen LogP contribution in [0.3, 0.4) is 0 Å². The Kier molecular flexibility index (Phi) is 9.46. The summed E-state index contributed by atoms with van der Waals surface area (Å²) in [6.45, 7) is 1.55. The number of esters is 1. The number of carbonyl (C=O) groups excluding carboxylic acids is 2. The molecule has 10 heteroatoms. The summed E-state index contributed by atoms with van der Waals surface area (Å²) in [4.78, 5) is 24.4. The van der Waals surface area contributed by atoms with Crippen molar-refractivity contribution in [1.29, 1.82) is 0 Å². The minimum atomic E-state index is -4.17. The highest BCUT2D eigenvalue weighted by molar-refractivity contribution is 7.89. The number of amides is 1. The Morgan fingerprint density at radius 2 is 1.67 bits per heavy atom. The molecule has 0 aromatic heterocycles. The van der Waals surface area contributed by atoms with Crippen molar-refractivity contribution in [2.45, 2.75) is 24.8 Å². The Bertz CT molecular complexity index is 1300. The van der Waals surface area contributed by atoms with E-state index < -0.39 is 22.5 Å². The maximum atomic E-state index is 13.6. The van der Waals surface area contributed by atoms with E-state index in [1.807, 2.05) is 6.07 Å². The van der Waals surface area contributed by atoms with E-state index in [0.717, 1.165) is 9.87 Å². The SMILES string of the molecule is CCOC(=O)Cc1ccc(NC(=O)CN(Cc2ccccc2)S(=O)(=O)c2cc(Cl)ccc2OC)cc1. The first kappa shape index (κ1) is 27.2. The molecule has 8 nitrogen and oxygen atoms in total. The number of halogens is 1. The summed E-state index contributed by atoms with van der Waals surface area (Å²) in [5.74, 6) is -0.754. The van der Waals surface area contributed by atoms with Crippen LogP contribution in [0.15, 0.2) is 77.7 Å². The second-order valence-electron chi connectivity index (χ2n) is 7.78. The molecule has 0 aliphatic heterocycles. The second kappa shape index (κ2) is 12.5. The fraction of sp³-hybridized carbons (Fsp3) is 0.231. The standard InChI is InChI=1S/C26H27ClN2O6S/c1-3-35-26(31)15-19-9-12-22(13-10-19)28-25(30)18-29(17-20-7-5-4-6-8-20)36(32,33)24-16-21(27)11-14-23(24)34-2/h4-14,16H,3,15,17-18H2,1-2H3,(H,28,30). The van der Waals surface area contributed by atoms with Gasteiger partial charge in [-0.2, -0.15) is 4.31 Å². The Labute approximate surface area is 215 Å². The molecule has 0 fully saturated rings. The highest BCUT2D eigenvalue weighted by Gasteiger charge is 2.30. The number of nitrogens with one attached hydrogen (secondary N) is 1. The third-order valence-electron chi connectivity index (χ3n) is 5.16. The van der Waals surface area contributed by atoms with E-state index in [-0.39, 0.29) is 34.6 Å². The topological polar surface area (TPSA) is 102 Å². The molecule has 0 aliphatic carbocycles. The van der Waals surface area contributed by atoms with E-state index in [0.29, 0.717) is 17.9 Å². The Hall–Kier alpha value is -3.40. The summed E-state index contributed by atoms with van der Waals surface area (Å²) in [7, 11) is -2.80. The van der Waals surface area contributed by atoms with Gasteiger partial charge in [-0.1, -0.05) is 54.1 Å². The van der Waals surface area contributed by atoms with Crippen LogP contribution >= 0.6 is 11.6 Å². The van der Waals surface area contributed by atoms with Crippen LogP contribution in [0.1, 0.15) is 18.1 Å². The predicted octanol–water partition coefficient (Wildman–Crippen LogP) is 4.28. The van der Waals surface area contributed by atoms with Crippen molar-refractivity contribution in [3.8, 4) is 5.75 Å². The molecular formula is C26H27ClN2O6S. The lowest BCUT2D eigenvalue weighted by atomic mass is 10.1. The fourth-order valence-corrected chi connectivity index (χ4v) is 5.25. The van der Waals surface area contributed by atoms with Crippen LogP contribution in [0.4, 0.5) is 5.69 Å². The zero-order chi connectivity index (χ0) is 26.1. The molecule has 3 rings (SSSR count). The molecule has 3 aromatic rings. The molecule has 0 saturated carbocycles. The van der Waals surface area contributed by atoms with Gasteiger partial charge in [0.15, 0.2) is 0 Å². The Morgan fingerprint density at radius 1 is 0.972 bits per heavy atom. The molecule has 0 atom stereocenters. The number of hydrogen-bond donors (Lipinski definition) is 1. The molecule has 1 N–H and O–H groups in total. The maximum Gasteiger partial charge on any atom is 0.310 e. The smallest absolute Gasteiger partial charge is 0.310 e. The molecule has 0 bridgehead atoms. The minimum Gasteiger partial charge on any atom is -0.495 e. The lowest BCUT2D eigenvalue weighted by molar-refractivity contribution is -0.142. The average molecular weight is 531 g/mol. The summed E-state index contributed by atoms with van der Waals surface area (Å²) in [5, 5.41) is 2.93. The molecule has 0 spiro atoms. The van der Waals surface area contributed by atoms with Crippen molar-refractivity contribution in [3.63, 3.8) is 0 Å². The summed E-state index contributed by atoms with van der Waals surface area (Å²) in [6, 6.07) is 19.9. The fourth-order valence-electron chi connectivity index (χ4n) is 3.45. The molecule has 3 aromatic carbocycles. The average Bonchev–Trinajstić information content (AvgIpc) is 2.85. The number of carbonyl (C=O) groups is 2. The number of nitrogens with zero attached hydrogens (tertiary/aromatic N) is 1. The summed E-state index contributed by atoms with van der Waals surface area (Å²) < 4.78 is 38.5. The van der Waals surface area contributed by atoms with Crippen LogP contribution in [-0.4, -0.2) is 44.9 Å². The largest absolute Gasteiger partial charge is 0.495 e. The summed E-state index contributed by atoms with van der Waals surface area (Å²) in [5.41, 5.74) is 1.90. The molecule has 0 aliphatic rings. The third kappa shape index (κ3) is 7.30. The van der Waals surface area contributed by atoms with E-state index in [2.05, 4.69) is 5.32 Å². The van der Waals surface area contributed by atoms with Crippen LogP contribution < -0.4 is 10.1 Å². The molecule has 0 unspecified atom stereocenters. The number of anilines is 1. The van der Waals surface area contributed by atoms with Gasteiger partial charge in [0.1, 0.15) is 10.6 Å². The second-order valence-corrected chi connectivity index (χ2v) is 10.1. The highest BCUT2D eigenvalue weighted by Crippen LogP contribution is 2.30. The van der Waals surface area contributed by atoms with Crippen LogP contribution in [-0.2, 0) is 37.3 Å². The molecule has 36 heavy (non-hydrogen) atoms. The Morgan fingerprint density at radius 3 is 2.31 bits per heavy atom. The van der Waals surface area contributed by atoms with E-state index >= 15 is 0 Å². The maximum absolute atomic E-state index is 13.6. The van der Waals surface area contributed by atoms with Gasteiger partial charge in [-0.3, -0.25) is 9.59 Å². The third-order valence-corrected chi connectivity index (χ3v) is 7.20. The number of rotatable bonds is 11. The van der Waals surface area contributed by atoms with Gasteiger partial charge in [0.05, 0.1) is 26.7 Å². The number of ether oxygens (including phenoxy) is 2. The van der Waals surface area contributed by atoms with Crippen molar-refractivity contribution in [2.24, 2.45) is 0 Å². The molecule has 0 radical (unpaired) electrons. The Balaban J connectivity index is 1.81. The quantitative estimate of drug-likeness (QED) is 0.371. The van der Waals surface area contributed by atoms with Crippen LogP contribution in [0.2, 0.25) is 5.02 Å². The number of hydrogen-bond acceptors (Lipinski definition) is 6. The normalized spacial score (nSPS) is 11.2. The van der Waals surface area contributed by atoms with Gasteiger partial charge in [-0.15, -0.1) is 0 Å². The van der Waals surface area contributed by atoms with Crippen LogP contribution in [0, 0.1) is 0 Å². The lowest BCUT2D eigenvalue weighted by Gasteiger charge is -2.23. The van der Waals surface area contributed by atoms with Gasteiger partial charge in [0, 0.05) is 17.3 Å². The summed E-state index contributed by atoms with van der Waals surface area (Å²) in [6.07, 6.45) is 0.118. The number of benzene rings is 3. The van der Waals surface area contributed by atoms with E-state index in [9.17, 15) is 18.0 Å². The van der Waals surface area contributed by atoms with Crippen molar-refractivity contribution in [1.82, 2.24) is 4.31 Å².